The molecule has 0 bridgehead atoms. The second kappa shape index (κ2) is 10.6. The van der Waals surface area contributed by atoms with Crippen LogP contribution in [0.3, 0.4) is 0 Å². The quantitative estimate of drug-likeness (QED) is 0.363. The van der Waals surface area contributed by atoms with Crippen molar-refractivity contribution in [3.8, 4) is 11.1 Å². The molecule has 0 radical (unpaired) electrons. The van der Waals surface area contributed by atoms with E-state index in [4.69, 9.17) is 0 Å². The molecule has 1 unspecified atom stereocenters. The largest absolute Gasteiger partial charge is 0.363 e. The van der Waals surface area contributed by atoms with E-state index in [1.54, 1.807) is 0 Å². The van der Waals surface area contributed by atoms with Crippen LogP contribution in [0.1, 0.15) is 32.7 Å². The second-order valence-corrected chi connectivity index (χ2v) is 11.0. The van der Waals surface area contributed by atoms with Crippen LogP contribution in [0.25, 0.3) is 11.1 Å². The third-order valence-corrected chi connectivity index (χ3v) is 8.58. The molecule has 39 heavy (non-hydrogen) atoms. The zero-order valence-electron chi connectivity index (χ0n) is 21.8. The van der Waals surface area contributed by atoms with Crippen LogP contribution in [0.2, 0.25) is 0 Å². The topological polar surface area (TPSA) is 58.2 Å². The fourth-order valence-electron chi connectivity index (χ4n) is 5.65. The molecule has 6 heteroatoms. The monoisotopic (exact) mass is 532 g/mol. The first-order chi connectivity index (χ1) is 19.1. The Morgan fingerprint density at radius 1 is 0.949 bits per heavy atom. The molecule has 3 aliphatic rings. The van der Waals surface area contributed by atoms with Gasteiger partial charge in [0, 0.05) is 34.9 Å². The van der Waals surface area contributed by atoms with Gasteiger partial charge in [-0.25, -0.2) is 4.79 Å². The molecular weight excluding hydrogens is 502 g/mol. The van der Waals surface area contributed by atoms with Crippen molar-refractivity contribution in [2.75, 3.05) is 23.4 Å². The van der Waals surface area contributed by atoms with Crippen molar-refractivity contribution in [3.63, 3.8) is 0 Å². The van der Waals surface area contributed by atoms with E-state index in [9.17, 15) is 9.59 Å². The van der Waals surface area contributed by atoms with Crippen LogP contribution in [-0.2, 0) is 0 Å². The van der Waals surface area contributed by atoms with Gasteiger partial charge in [-0.2, -0.15) is 4.48 Å². The predicted octanol–water partition coefficient (Wildman–Crippen LogP) is 6.79. The normalized spacial score (nSPS) is 19.8. The van der Waals surface area contributed by atoms with E-state index in [0.717, 1.165) is 51.6 Å². The van der Waals surface area contributed by atoms with Crippen LogP contribution in [0, 0.1) is 6.92 Å². The average Bonchev–Trinajstić information content (AvgIpc) is 3.15. The molecule has 6 rings (SSSR count). The average molecular weight is 533 g/mol. The van der Waals surface area contributed by atoms with E-state index in [1.807, 2.05) is 104 Å². The number of thioether (sulfide) groups is 1. The van der Waals surface area contributed by atoms with Gasteiger partial charge in [0.15, 0.2) is 5.70 Å². The molecule has 1 aliphatic carbocycles. The Morgan fingerprint density at radius 2 is 1.77 bits per heavy atom. The number of benzene rings is 3. The molecule has 2 N–H and O–H groups in total. The standard InChI is InChI=1S/C33H29N3O2S/c1-23-19-26(35-32(37)30-13-7-6-12-29(30)24-9-3-2-4-10-24)15-16-28(23)33(38)36-17-18-39-22-27(36)21-34-20-25-11-5-8-14-31(25)36/h2-10,12-16,19-21,34H,11,17-18,22H2,1H3/p+1. The summed E-state index contributed by atoms with van der Waals surface area (Å²) in [5.74, 6) is 1.60. The Hall–Kier alpha value is -4.13. The molecular formula is C33H30N3O2S+. The number of quaternary nitrogens is 1. The highest BCUT2D eigenvalue weighted by atomic mass is 32.2. The molecule has 1 atom stereocenters. The smallest absolute Gasteiger partial charge is 0.356 e. The van der Waals surface area contributed by atoms with Crippen LogP contribution in [0.15, 0.2) is 120 Å². The predicted molar refractivity (Wildman–Crippen MR) is 159 cm³/mol. The van der Waals surface area contributed by atoms with Gasteiger partial charge in [0.1, 0.15) is 12.2 Å². The van der Waals surface area contributed by atoms with E-state index < -0.39 is 0 Å². The lowest BCUT2D eigenvalue weighted by Crippen LogP contribution is -2.55. The van der Waals surface area contributed by atoms with Crippen molar-refractivity contribution in [1.82, 2.24) is 5.32 Å². The molecule has 5 nitrogen and oxygen atoms in total. The zero-order chi connectivity index (χ0) is 26.8. The van der Waals surface area contributed by atoms with Gasteiger partial charge < -0.3 is 10.6 Å². The molecule has 2 heterocycles. The van der Waals surface area contributed by atoms with Gasteiger partial charge >= 0.3 is 5.91 Å². The summed E-state index contributed by atoms with van der Waals surface area (Å²) in [6, 6.07) is 23.1. The van der Waals surface area contributed by atoms with Crippen molar-refractivity contribution in [3.05, 3.63) is 137 Å². The fourth-order valence-corrected chi connectivity index (χ4v) is 6.71. The minimum atomic E-state index is -0.180. The number of hydrogen-bond donors (Lipinski definition) is 2. The molecule has 1 fully saturated rings. The van der Waals surface area contributed by atoms with Crippen LogP contribution < -0.4 is 10.6 Å². The molecule has 0 saturated carbocycles. The van der Waals surface area contributed by atoms with Crippen LogP contribution in [0.5, 0.6) is 0 Å². The van der Waals surface area contributed by atoms with E-state index in [2.05, 4.69) is 28.9 Å². The number of nitrogens with zero attached hydrogens (tertiary/aromatic N) is 1. The Bertz CT molecular complexity index is 1590. The Kier molecular flexibility index (Phi) is 6.81. The summed E-state index contributed by atoms with van der Waals surface area (Å²) in [6.45, 7) is 2.66. The van der Waals surface area contributed by atoms with Crippen LogP contribution in [-0.4, -0.2) is 34.3 Å². The number of aryl methyl sites for hydroxylation is 1. The van der Waals surface area contributed by atoms with Crippen molar-refractivity contribution in [1.29, 1.82) is 0 Å². The summed E-state index contributed by atoms with van der Waals surface area (Å²) >= 11 is 1.86. The number of hydrogen-bond acceptors (Lipinski definition) is 4. The Morgan fingerprint density at radius 3 is 2.62 bits per heavy atom. The number of amides is 2. The number of nitrogens with one attached hydrogen (secondary N) is 2. The lowest BCUT2D eigenvalue weighted by Gasteiger charge is -2.41. The molecule has 3 aromatic carbocycles. The number of allylic oxidation sites excluding steroid dienone is 4. The number of fused-ring (bicyclic) bond motifs is 3. The number of rotatable bonds is 4. The van der Waals surface area contributed by atoms with Crippen LogP contribution >= 0.6 is 11.8 Å². The summed E-state index contributed by atoms with van der Waals surface area (Å²) in [7, 11) is 0. The Labute approximate surface area is 233 Å². The first-order valence-corrected chi connectivity index (χ1v) is 14.3. The molecule has 2 amide bonds. The van der Waals surface area contributed by atoms with Crippen molar-refractivity contribution in [2.45, 2.75) is 13.3 Å². The highest BCUT2D eigenvalue weighted by molar-refractivity contribution is 7.99. The maximum Gasteiger partial charge on any atom is 0.356 e. The lowest BCUT2D eigenvalue weighted by atomic mass is 9.97. The Balaban J connectivity index is 1.31. The SMILES string of the molecule is Cc1cc(NC(=O)c2ccccc2-c2ccccc2)ccc1C(=O)[N+]12CCSCC1=CNC=C1CC=CC=C12. The minimum Gasteiger partial charge on any atom is -0.363 e. The summed E-state index contributed by atoms with van der Waals surface area (Å²) < 4.78 is 0.215. The van der Waals surface area contributed by atoms with Gasteiger partial charge in [-0.05, 0) is 54.3 Å². The first-order valence-electron chi connectivity index (χ1n) is 13.2. The van der Waals surface area contributed by atoms with Gasteiger partial charge in [0.2, 0.25) is 0 Å². The highest BCUT2D eigenvalue weighted by Gasteiger charge is 2.49. The van der Waals surface area contributed by atoms with E-state index in [-0.39, 0.29) is 16.3 Å². The third kappa shape index (κ3) is 4.56. The second-order valence-electron chi connectivity index (χ2n) is 9.94. The number of carbonyl (C=O) groups excluding carboxylic acids is 2. The summed E-state index contributed by atoms with van der Waals surface area (Å²) in [4.78, 5) is 27.8. The summed E-state index contributed by atoms with van der Waals surface area (Å²) in [6.07, 6.45) is 11.1. The highest BCUT2D eigenvalue weighted by Crippen LogP contribution is 2.42. The summed E-state index contributed by atoms with van der Waals surface area (Å²) in [5, 5.41) is 6.38. The van der Waals surface area contributed by atoms with Gasteiger partial charge in [-0.15, -0.1) is 11.8 Å². The molecule has 3 aromatic rings. The van der Waals surface area contributed by atoms with Gasteiger partial charge in [-0.1, -0.05) is 60.7 Å². The molecule has 2 aliphatic heterocycles. The van der Waals surface area contributed by atoms with Crippen molar-refractivity contribution >= 4 is 29.3 Å². The molecule has 194 valence electrons. The first kappa shape index (κ1) is 25.2. The zero-order valence-corrected chi connectivity index (χ0v) is 22.6. The van der Waals surface area contributed by atoms with Gasteiger partial charge in [0.25, 0.3) is 5.91 Å². The van der Waals surface area contributed by atoms with Gasteiger partial charge in [0.05, 0.1) is 17.5 Å². The van der Waals surface area contributed by atoms with Crippen LogP contribution in [0.4, 0.5) is 5.69 Å². The maximum atomic E-state index is 14.5. The van der Waals surface area contributed by atoms with E-state index in [1.165, 1.54) is 0 Å². The van der Waals surface area contributed by atoms with E-state index >= 15 is 0 Å². The van der Waals surface area contributed by atoms with Crippen molar-refractivity contribution in [2.24, 2.45) is 0 Å². The van der Waals surface area contributed by atoms with Gasteiger partial charge in [-0.3, -0.25) is 4.79 Å². The fraction of sp³-hybridized carbons (Fsp3) is 0.152. The minimum absolute atomic E-state index is 0.0718. The lowest BCUT2D eigenvalue weighted by molar-refractivity contribution is -0.766. The molecule has 1 saturated heterocycles. The number of anilines is 1. The number of carbonyl (C=O) groups is 2. The third-order valence-electron chi connectivity index (χ3n) is 7.60. The molecule has 0 aromatic heterocycles. The summed E-state index contributed by atoms with van der Waals surface area (Å²) in [5.41, 5.74) is 7.92. The maximum absolute atomic E-state index is 14.5. The van der Waals surface area contributed by atoms with Crippen molar-refractivity contribution < 1.29 is 14.1 Å². The molecule has 0 spiro atoms. The van der Waals surface area contributed by atoms with E-state index in [0.29, 0.717) is 23.4 Å².